The lowest BCUT2D eigenvalue weighted by atomic mass is 9.87. The molecule has 0 radical (unpaired) electrons. The second kappa shape index (κ2) is 6.36. The van der Waals surface area contributed by atoms with E-state index >= 15 is 0 Å². The Kier molecular flexibility index (Phi) is 4.41. The standard InChI is InChI=1S/C18H23N3O3/c1-12(2)13-3-5-14(6-4-13)15(22)11-21-9-7-18(8-10-21)16(23)19-17(24)20-18/h3-6,12H,7-11H2,1-2H3,(H2,19,20,23,24). The first-order chi connectivity index (χ1) is 11.4. The smallest absolute Gasteiger partial charge is 0.322 e. The van der Waals surface area contributed by atoms with E-state index in [2.05, 4.69) is 24.5 Å². The van der Waals surface area contributed by atoms with Crippen LogP contribution in [0.4, 0.5) is 4.79 Å². The summed E-state index contributed by atoms with van der Waals surface area (Å²) in [7, 11) is 0. The van der Waals surface area contributed by atoms with E-state index in [0.717, 1.165) is 0 Å². The average molecular weight is 329 g/mol. The number of imide groups is 1. The van der Waals surface area contributed by atoms with Gasteiger partial charge < -0.3 is 5.32 Å². The van der Waals surface area contributed by atoms with Crippen LogP contribution in [0.15, 0.2) is 24.3 Å². The maximum Gasteiger partial charge on any atom is 0.322 e. The van der Waals surface area contributed by atoms with Crippen molar-refractivity contribution in [2.45, 2.75) is 38.1 Å². The molecule has 2 aliphatic heterocycles. The van der Waals surface area contributed by atoms with Crippen molar-refractivity contribution in [3.05, 3.63) is 35.4 Å². The number of amides is 3. The molecule has 128 valence electrons. The number of rotatable bonds is 4. The molecule has 1 aromatic carbocycles. The molecule has 24 heavy (non-hydrogen) atoms. The molecule has 3 rings (SSSR count). The number of Topliss-reactive ketones (excluding diaryl/α,β-unsaturated/α-hetero) is 1. The summed E-state index contributed by atoms with van der Waals surface area (Å²) in [4.78, 5) is 37.7. The first-order valence-electron chi connectivity index (χ1n) is 8.39. The monoisotopic (exact) mass is 329 g/mol. The third-order valence-corrected chi connectivity index (χ3v) is 4.99. The third kappa shape index (κ3) is 3.19. The maximum atomic E-state index is 12.4. The number of hydrogen-bond acceptors (Lipinski definition) is 4. The van der Waals surface area contributed by atoms with Crippen LogP contribution >= 0.6 is 0 Å². The minimum Gasteiger partial charge on any atom is -0.323 e. The van der Waals surface area contributed by atoms with Crippen LogP contribution in [0.5, 0.6) is 0 Å². The minimum absolute atomic E-state index is 0.0844. The van der Waals surface area contributed by atoms with Crippen LogP contribution in [-0.2, 0) is 4.79 Å². The molecular formula is C18H23N3O3. The van der Waals surface area contributed by atoms with Crippen molar-refractivity contribution in [1.82, 2.24) is 15.5 Å². The zero-order chi connectivity index (χ0) is 17.3. The van der Waals surface area contributed by atoms with Crippen molar-refractivity contribution < 1.29 is 14.4 Å². The first-order valence-corrected chi connectivity index (χ1v) is 8.39. The Morgan fingerprint density at radius 2 is 1.79 bits per heavy atom. The van der Waals surface area contributed by atoms with Crippen molar-refractivity contribution >= 4 is 17.7 Å². The number of nitrogens with one attached hydrogen (secondary N) is 2. The van der Waals surface area contributed by atoms with Crippen molar-refractivity contribution in [2.24, 2.45) is 0 Å². The zero-order valence-electron chi connectivity index (χ0n) is 14.1. The molecule has 2 aliphatic rings. The molecule has 6 heteroatoms. The van der Waals surface area contributed by atoms with E-state index in [4.69, 9.17) is 0 Å². The summed E-state index contributed by atoms with van der Waals surface area (Å²) in [5.74, 6) is 0.282. The molecular weight excluding hydrogens is 306 g/mol. The fourth-order valence-electron chi connectivity index (χ4n) is 3.32. The number of piperidine rings is 1. The fourth-order valence-corrected chi connectivity index (χ4v) is 3.32. The van der Waals surface area contributed by atoms with Gasteiger partial charge in [0.2, 0.25) is 0 Å². The van der Waals surface area contributed by atoms with Crippen LogP contribution < -0.4 is 10.6 Å². The van der Waals surface area contributed by atoms with Gasteiger partial charge in [-0.25, -0.2) is 4.79 Å². The molecule has 1 spiro atoms. The number of carbonyl (C=O) groups excluding carboxylic acids is 3. The van der Waals surface area contributed by atoms with Crippen LogP contribution in [-0.4, -0.2) is 47.8 Å². The van der Waals surface area contributed by atoms with Gasteiger partial charge in [-0.05, 0) is 24.3 Å². The average Bonchev–Trinajstić information content (AvgIpc) is 2.83. The quantitative estimate of drug-likeness (QED) is 0.650. The van der Waals surface area contributed by atoms with Gasteiger partial charge in [0.25, 0.3) is 5.91 Å². The molecule has 2 N–H and O–H groups in total. The Morgan fingerprint density at radius 1 is 1.17 bits per heavy atom. The van der Waals surface area contributed by atoms with E-state index < -0.39 is 11.6 Å². The Hall–Kier alpha value is -2.21. The molecule has 2 heterocycles. The van der Waals surface area contributed by atoms with Gasteiger partial charge in [0, 0.05) is 18.7 Å². The number of ketones is 1. The molecule has 0 aromatic heterocycles. The van der Waals surface area contributed by atoms with Gasteiger partial charge in [-0.15, -0.1) is 0 Å². The number of hydrogen-bond donors (Lipinski definition) is 2. The maximum absolute atomic E-state index is 12.4. The van der Waals surface area contributed by atoms with Crippen molar-refractivity contribution in [3.63, 3.8) is 0 Å². The van der Waals surface area contributed by atoms with Gasteiger partial charge in [-0.2, -0.15) is 0 Å². The minimum atomic E-state index is -0.782. The molecule has 0 atom stereocenters. The summed E-state index contributed by atoms with van der Waals surface area (Å²) in [6, 6.07) is 7.35. The summed E-state index contributed by atoms with van der Waals surface area (Å²) in [6.07, 6.45) is 1.06. The number of nitrogens with zero attached hydrogens (tertiary/aromatic N) is 1. The predicted octanol–water partition coefficient (Wildman–Crippen LogP) is 1.67. The van der Waals surface area contributed by atoms with E-state index in [-0.39, 0.29) is 11.7 Å². The molecule has 0 aliphatic carbocycles. The summed E-state index contributed by atoms with van der Waals surface area (Å²) in [5.41, 5.74) is 1.15. The lowest BCUT2D eigenvalue weighted by Crippen LogP contribution is -2.55. The Balaban J connectivity index is 1.57. The Morgan fingerprint density at radius 3 is 2.29 bits per heavy atom. The topological polar surface area (TPSA) is 78.5 Å². The largest absolute Gasteiger partial charge is 0.323 e. The van der Waals surface area contributed by atoms with Crippen molar-refractivity contribution in [2.75, 3.05) is 19.6 Å². The lowest BCUT2D eigenvalue weighted by Gasteiger charge is -2.36. The van der Waals surface area contributed by atoms with E-state index in [1.165, 1.54) is 5.56 Å². The van der Waals surface area contributed by atoms with Gasteiger partial charge in [-0.1, -0.05) is 38.1 Å². The van der Waals surface area contributed by atoms with Crippen LogP contribution in [0.25, 0.3) is 0 Å². The summed E-state index contributed by atoms with van der Waals surface area (Å²) < 4.78 is 0. The van der Waals surface area contributed by atoms with Gasteiger partial charge >= 0.3 is 6.03 Å². The highest BCUT2D eigenvalue weighted by Gasteiger charge is 2.47. The summed E-state index contributed by atoms with van der Waals surface area (Å²) in [6.45, 7) is 5.82. The Bertz CT molecular complexity index is 659. The molecule has 0 unspecified atom stereocenters. The second-order valence-corrected chi connectivity index (χ2v) is 6.97. The molecule has 0 saturated carbocycles. The first kappa shape index (κ1) is 16.6. The zero-order valence-corrected chi connectivity index (χ0v) is 14.1. The van der Waals surface area contributed by atoms with Gasteiger partial charge in [0.15, 0.2) is 5.78 Å². The van der Waals surface area contributed by atoms with Crippen molar-refractivity contribution in [3.8, 4) is 0 Å². The lowest BCUT2D eigenvalue weighted by molar-refractivity contribution is -0.125. The van der Waals surface area contributed by atoms with E-state index in [0.29, 0.717) is 44.0 Å². The molecule has 0 bridgehead atoms. The SMILES string of the molecule is CC(C)c1ccc(C(=O)CN2CCC3(CC2)NC(=O)NC3=O)cc1. The normalized spacial score (nSPS) is 20.3. The fraction of sp³-hybridized carbons (Fsp3) is 0.500. The third-order valence-electron chi connectivity index (χ3n) is 4.99. The molecule has 6 nitrogen and oxygen atoms in total. The number of carbonyl (C=O) groups is 3. The highest BCUT2D eigenvalue weighted by molar-refractivity contribution is 6.07. The second-order valence-electron chi connectivity index (χ2n) is 6.97. The molecule has 3 amide bonds. The van der Waals surface area contributed by atoms with Crippen LogP contribution in [0.2, 0.25) is 0 Å². The van der Waals surface area contributed by atoms with E-state index in [9.17, 15) is 14.4 Å². The van der Waals surface area contributed by atoms with Gasteiger partial charge in [0.05, 0.1) is 6.54 Å². The van der Waals surface area contributed by atoms with Crippen molar-refractivity contribution in [1.29, 1.82) is 0 Å². The highest BCUT2D eigenvalue weighted by atomic mass is 16.2. The van der Waals surface area contributed by atoms with E-state index in [1.54, 1.807) is 0 Å². The van der Waals surface area contributed by atoms with Crippen LogP contribution in [0.3, 0.4) is 0 Å². The number of urea groups is 1. The number of likely N-dealkylation sites (tertiary alicyclic amines) is 1. The molecule has 1 aromatic rings. The van der Waals surface area contributed by atoms with E-state index in [1.807, 2.05) is 29.2 Å². The van der Waals surface area contributed by atoms with Gasteiger partial charge in [-0.3, -0.25) is 19.8 Å². The highest BCUT2D eigenvalue weighted by Crippen LogP contribution is 2.25. The molecule has 2 saturated heterocycles. The van der Waals surface area contributed by atoms with Crippen LogP contribution in [0.1, 0.15) is 48.5 Å². The predicted molar refractivity (Wildman–Crippen MR) is 89.9 cm³/mol. The van der Waals surface area contributed by atoms with Gasteiger partial charge in [0.1, 0.15) is 5.54 Å². The molecule has 2 fully saturated rings. The Labute approximate surface area is 141 Å². The summed E-state index contributed by atoms with van der Waals surface area (Å²) in [5, 5.41) is 5.03. The van der Waals surface area contributed by atoms with Crippen LogP contribution in [0, 0.1) is 0 Å². The summed E-state index contributed by atoms with van der Waals surface area (Å²) >= 11 is 0. The number of benzene rings is 1.